The number of rotatable bonds is 2. The van der Waals surface area contributed by atoms with Crippen LogP contribution in [0.15, 0.2) is 0 Å². The van der Waals surface area contributed by atoms with E-state index < -0.39 is 0 Å². The predicted octanol–water partition coefficient (Wildman–Crippen LogP) is 0.579. The maximum atomic E-state index is 8.79. The molecule has 2 radical (unpaired) electrons. The first-order chi connectivity index (χ1) is 4.77. The van der Waals surface area contributed by atoms with Gasteiger partial charge in [0.15, 0.2) is 0 Å². The van der Waals surface area contributed by atoms with Crippen LogP contribution in [0.3, 0.4) is 0 Å². The summed E-state index contributed by atoms with van der Waals surface area (Å²) >= 11 is 1.70. The Morgan fingerprint density at radius 1 is 1.80 bits per heavy atom. The quantitative estimate of drug-likeness (QED) is 0.640. The van der Waals surface area contributed by atoms with Crippen molar-refractivity contribution in [3.8, 4) is 0 Å². The molecule has 10 heavy (non-hydrogen) atoms. The molecule has 1 N–H and O–H groups in total. The van der Waals surface area contributed by atoms with E-state index in [1.807, 2.05) is 6.26 Å². The minimum atomic E-state index is -0.172. The van der Waals surface area contributed by atoms with E-state index in [0.29, 0.717) is 5.25 Å². The molecule has 1 rings (SSSR count). The summed E-state index contributed by atoms with van der Waals surface area (Å²) in [5.41, 5.74) is 0. The van der Waals surface area contributed by atoms with E-state index in [1.54, 1.807) is 11.8 Å². The lowest BCUT2D eigenvalue weighted by molar-refractivity contribution is 0.0315. The van der Waals surface area contributed by atoms with Crippen molar-refractivity contribution in [1.82, 2.24) is 0 Å². The lowest BCUT2D eigenvalue weighted by Crippen LogP contribution is -2.22. The minimum Gasteiger partial charge on any atom is -0.394 e. The number of hydrogen-bond donors (Lipinski definition) is 1. The molecular weight excluding hydrogens is 148 g/mol. The van der Waals surface area contributed by atoms with Crippen LogP contribution in [0.4, 0.5) is 0 Å². The van der Waals surface area contributed by atoms with Crippen LogP contribution in [0, 0.1) is 6.92 Å². The van der Waals surface area contributed by atoms with E-state index in [0.717, 1.165) is 6.42 Å². The van der Waals surface area contributed by atoms with Gasteiger partial charge in [0.25, 0.3) is 0 Å². The summed E-state index contributed by atoms with van der Waals surface area (Å²) in [6.45, 7) is 5.60. The van der Waals surface area contributed by atoms with Crippen LogP contribution in [-0.2, 0) is 4.74 Å². The van der Waals surface area contributed by atoms with E-state index in [1.165, 1.54) is 0 Å². The largest absolute Gasteiger partial charge is 0.394 e. The second-order valence-electron chi connectivity index (χ2n) is 2.41. The Bertz CT molecular complexity index is 95.8. The molecule has 58 valence electrons. The van der Waals surface area contributed by atoms with E-state index >= 15 is 0 Å². The van der Waals surface area contributed by atoms with Gasteiger partial charge in [-0.2, -0.15) is 11.8 Å². The van der Waals surface area contributed by atoms with Crippen LogP contribution in [0.2, 0.25) is 0 Å². The summed E-state index contributed by atoms with van der Waals surface area (Å²) < 4.78 is 5.22. The van der Waals surface area contributed by atoms with Crippen LogP contribution in [0.1, 0.15) is 6.42 Å². The van der Waals surface area contributed by atoms with Gasteiger partial charge >= 0.3 is 0 Å². The van der Waals surface area contributed by atoms with Crippen molar-refractivity contribution >= 4 is 11.8 Å². The average molecular weight is 160 g/mol. The molecule has 1 aliphatic rings. The molecule has 0 aliphatic carbocycles. The van der Waals surface area contributed by atoms with E-state index in [2.05, 4.69) is 0 Å². The molecular formula is C7H12O2S. The summed E-state index contributed by atoms with van der Waals surface area (Å²) in [5, 5.41) is 9.17. The van der Waals surface area contributed by atoms with E-state index in [-0.39, 0.29) is 18.8 Å². The third-order valence-corrected chi connectivity index (χ3v) is 2.81. The maximum Gasteiger partial charge on any atom is 0.0928 e. The van der Waals surface area contributed by atoms with Gasteiger partial charge in [-0.3, -0.25) is 0 Å². The Kier molecular flexibility index (Phi) is 3.01. The Balaban J connectivity index is 2.41. The predicted molar refractivity (Wildman–Crippen MR) is 42.0 cm³/mol. The van der Waals surface area contributed by atoms with E-state index in [4.69, 9.17) is 16.8 Å². The first-order valence-electron chi connectivity index (χ1n) is 3.32. The van der Waals surface area contributed by atoms with Gasteiger partial charge in [0, 0.05) is 5.25 Å². The van der Waals surface area contributed by atoms with Crippen molar-refractivity contribution in [3.63, 3.8) is 0 Å². The van der Waals surface area contributed by atoms with Crippen molar-refractivity contribution in [2.45, 2.75) is 23.9 Å². The smallest absolute Gasteiger partial charge is 0.0928 e. The lowest BCUT2D eigenvalue weighted by atomic mass is 10.2. The molecule has 3 heteroatoms. The van der Waals surface area contributed by atoms with Gasteiger partial charge in [-0.05, 0) is 19.6 Å². The number of thioether (sulfide) groups is 1. The Labute approximate surface area is 66.0 Å². The lowest BCUT2D eigenvalue weighted by Gasteiger charge is -2.12. The number of aliphatic hydroxyl groups excluding tert-OH is 1. The van der Waals surface area contributed by atoms with Crippen molar-refractivity contribution in [2.24, 2.45) is 0 Å². The van der Waals surface area contributed by atoms with Gasteiger partial charge in [-0.25, -0.2) is 0 Å². The molecule has 0 amide bonds. The van der Waals surface area contributed by atoms with Gasteiger partial charge in [0.05, 0.1) is 18.8 Å². The molecule has 0 aromatic rings. The van der Waals surface area contributed by atoms with Gasteiger partial charge in [-0.15, -0.1) is 0 Å². The summed E-state index contributed by atoms with van der Waals surface area (Å²) in [5.74, 6) is 0. The van der Waals surface area contributed by atoms with Crippen molar-refractivity contribution < 1.29 is 9.84 Å². The van der Waals surface area contributed by atoms with Crippen LogP contribution in [0.5, 0.6) is 0 Å². The fourth-order valence-corrected chi connectivity index (χ4v) is 1.99. The summed E-state index contributed by atoms with van der Waals surface area (Å²) in [6.07, 6.45) is 2.64. The first kappa shape index (κ1) is 8.37. The monoisotopic (exact) mass is 160 g/mol. The molecule has 0 saturated carbocycles. The number of ether oxygens (including phenoxy) is 1. The highest BCUT2D eigenvalue weighted by Gasteiger charge is 2.31. The van der Waals surface area contributed by atoms with Gasteiger partial charge in [0.2, 0.25) is 0 Å². The Morgan fingerprint density at radius 2 is 2.50 bits per heavy atom. The molecule has 3 atom stereocenters. The second-order valence-corrected chi connectivity index (χ2v) is 3.48. The molecule has 0 aromatic heterocycles. The topological polar surface area (TPSA) is 29.5 Å². The van der Waals surface area contributed by atoms with Crippen molar-refractivity contribution in [3.05, 3.63) is 6.92 Å². The average Bonchev–Trinajstić information content (AvgIpc) is 2.30. The Hall–Kier alpha value is 0.270. The third-order valence-electron chi connectivity index (χ3n) is 1.71. The third kappa shape index (κ3) is 1.65. The fraction of sp³-hybridized carbons (Fsp3) is 0.857. The van der Waals surface area contributed by atoms with Crippen LogP contribution >= 0.6 is 11.8 Å². The maximum absolute atomic E-state index is 8.79. The molecule has 1 heterocycles. The zero-order valence-electron chi connectivity index (χ0n) is 5.99. The SMILES string of the molecule is [CH]C1C[C@@H](SC)[C@@H](CO)O1. The summed E-state index contributed by atoms with van der Waals surface area (Å²) in [4.78, 5) is 0. The Morgan fingerprint density at radius 3 is 2.90 bits per heavy atom. The molecule has 2 nitrogen and oxygen atoms in total. The van der Waals surface area contributed by atoms with E-state index in [9.17, 15) is 0 Å². The van der Waals surface area contributed by atoms with Crippen LogP contribution < -0.4 is 0 Å². The summed E-state index contributed by atoms with van der Waals surface area (Å²) in [7, 11) is 0. The molecule has 0 bridgehead atoms. The summed E-state index contributed by atoms with van der Waals surface area (Å²) in [6, 6.07) is 0. The normalized spacial score (nSPS) is 40.5. The minimum absolute atomic E-state index is 0.0509. The molecule has 0 spiro atoms. The molecule has 1 aliphatic heterocycles. The van der Waals surface area contributed by atoms with Crippen LogP contribution in [-0.4, -0.2) is 35.4 Å². The van der Waals surface area contributed by atoms with Crippen LogP contribution in [0.25, 0.3) is 0 Å². The standard InChI is InChI=1S/C7H12O2S/c1-5-3-7(10-2)6(4-8)9-5/h1,5-8H,3-4H2,2H3/t5?,6-,7-/m1/s1. The zero-order valence-corrected chi connectivity index (χ0v) is 6.80. The van der Waals surface area contributed by atoms with Crippen molar-refractivity contribution in [1.29, 1.82) is 0 Å². The molecule has 1 unspecified atom stereocenters. The van der Waals surface area contributed by atoms with Gasteiger partial charge in [0.1, 0.15) is 0 Å². The molecule has 1 saturated heterocycles. The highest BCUT2D eigenvalue weighted by Crippen LogP contribution is 2.28. The number of aliphatic hydroxyl groups is 1. The van der Waals surface area contributed by atoms with Gasteiger partial charge in [-0.1, -0.05) is 0 Å². The zero-order chi connectivity index (χ0) is 7.56. The number of hydrogen-bond acceptors (Lipinski definition) is 3. The highest BCUT2D eigenvalue weighted by atomic mass is 32.2. The molecule has 0 aromatic carbocycles. The second kappa shape index (κ2) is 3.60. The van der Waals surface area contributed by atoms with Gasteiger partial charge < -0.3 is 9.84 Å². The van der Waals surface area contributed by atoms with Crippen molar-refractivity contribution in [2.75, 3.05) is 12.9 Å². The fourth-order valence-electron chi connectivity index (χ4n) is 1.16. The molecule has 1 fully saturated rings. The highest BCUT2D eigenvalue weighted by molar-refractivity contribution is 7.99. The first-order valence-corrected chi connectivity index (χ1v) is 4.61.